The van der Waals surface area contributed by atoms with Crippen LogP contribution in [0, 0.1) is 17.8 Å². The molecule has 0 aromatic heterocycles. The Labute approximate surface area is 150 Å². The minimum atomic E-state index is -0.766. The van der Waals surface area contributed by atoms with E-state index in [1.165, 1.54) is 7.11 Å². The van der Waals surface area contributed by atoms with Gasteiger partial charge in [-0.05, 0) is 17.8 Å². The number of nitrogens with two attached hydrogens (primary N) is 1. The lowest BCUT2D eigenvalue weighted by Crippen LogP contribution is -2.57. The summed E-state index contributed by atoms with van der Waals surface area (Å²) in [5.41, 5.74) is 5.81. The molecule has 0 saturated carbocycles. The summed E-state index contributed by atoms with van der Waals surface area (Å²) in [6.07, 6.45) is 0. The van der Waals surface area contributed by atoms with Crippen LogP contribution in [0.25, 0.3) is 0 Å². The van der Waals surface area contributed by atoms with E-state index in [1.54, 1.807) is 13.8 Å². The predicted molar refractivity (Wildman–Crippen MR) is 95.6 cm³/mol. The molecule has 0 saturated heterocycles. The van der Waals surface area contributed by atoms with Gasteiger partial charge in [0.1, 0.15) is 12.1 Å². The van der Waals surface area contributed by atoms with E-state index >= 15 is 0 Å². The molecule has 0 spiro atoms. The van der Waals surface area contributed by atoms with Crippen LogP contribution in [0.3, 0.4) is 0 Å². The molecule has 0 aliphatic heterocycles. The number of carbonyl (C=O) groups excluding carboxylic acids is 3. The molecule has 7 nitrogen and oxygen atoms in total. The van der Waals surface area contributed by atoms with E-state index in [0.717, 1.165) is 0 Å². The zero-order valence-corrected chi connectivity index (χ0v) is 16.4. The van der Waals surface area contributed by atoms with Crippen molar-refractivity contribution in [2.75, 3.05) is 7.11 Å². The number of methoxy groups -OCH3 is 1. The summed E-state index contributed by atoms with van der Waals surface area (Å²) in [5.74, 6) is -1.64. The second-order valence-corrected chi connectivity index (χ2v) is 6.75. The van der Waals surface area contributed by atoms with Crippen LogP contribution in [-0.2, 0) is 19.1 Å². The topological polar surface area (TPSA) is 111 Å². The van der Waals surface area contributed by atoms with E-state index in [9.17, 15) is 14.4 Å². The van der Waals surface area contributed by atoms with E-state index in [-0.39, 0.29) is 36.1 Å². The summed E-state index contributed by atoms with van der Waals surface area (Å²) in [6, 6.07) is -2.21. The van der Waals surface area contributed by atoms with Gasteiger partial charge >= 0.3 is 5.97 Å². The van der Waals surface area contributed by atoms with Crippen LogP contribution in [0.5, 0.6) is 0 Å². The fourth-order valence-electron chi connectivity index (χ4n) is 1.95. The van der Waals surface area contributed by atoms with Gasteiger partial charge in [-0.2, -0.15) is 0 Å². The van der Waals surface area contributed by atoms with Crippen molar-refractivity contribution in [3.63, 3.8) is 0 Å². The first kappa shape index (κ1) is 24.9. The largest absolute Gasteiger partial charge is 0.467 e. The molecule has 0 bridgehead atoms. The molecule has 0 aliphatic carbocycles. The number of hydrogen-bond acceptors (Lipinski definition) is 5. The second kappa shape index (κ2) is 11.3. The molecular weight excluding hydrogens is 334 g/mol. The third-order valence-electron chi connectivity index (χ3n) is 3.69. The molecule has 8 heteroatoms. The van der Waals surface area contributed by atoms with Crippen LogP contribution < -0.4 is 16.4 Å². The quantitative estimate of drug-likeness (QED) is 0.552. The van der Waals surface area contributed by atoms with Crippen molar-refractivity contribution in [1.29, 1.82) is 0 Å². The standard InChI is InChI=1S/C16H31N3O4.ClH/c1-8(2)11(17)14(20)18-12(9(3)4)15(21)19-13(10(5)6)16(22)23-7;/h8-13H,17H2,1-7H3,(H,18,20)(H,19,21);1H. The summed E-state index contributed by atoms with van der Waals surface area (Å²) in [7, 11) is 1.27. The minimum absolute atomic E-state index is 0. The average Bonchev–Trinajstić information content (AvgIpc) is 2.47. The van der Waals surface area contributed by atoms with Gasteiger partial charge in [0.2, 0.25) is 11.8 Å². The number of amides is 2. The molecular formula is C16H32ClN3O4. The molecule has 0 aliphatic rings. The Balaban J connectivity index is 0. The van der Waals surface area contributed by atoms with E-state index in [0.29, 0.717) is 0 Å². The fraction of sp³-hybridized carbons (Fsp3) is 0.812. The molecule has 4 N–H and O–H groups in total. The van der Waals surface area contributed by atoms with Crippen LogP contribution in [0.4, 0.5) is 0 Å². The van der Waals surface area contributed by atoms with Crippen LogP contribution in [-0.4, -0.2) is 43.0 Å². The van der Waals surface area contributed by atoms with Crippen molar-refractivity contribution in [2.24, 2.45) is 23.5 Å². The van der Waals surface area contributed by atoms with Crippen molar-refractivity contribution >= 4 is 30.2 Å². The SMILES string of the molecule is COC(=O)C(NC(=O)C(NC(=O)C(N)C(C)C)C(C)C)C(C)C.Cl. The molecule has 0 aromatic carbocycles. The number of ether oxygens (including phenoxy) is 1. The molecule has 0 fully saturated rings. The van der Waals surface area contributed by atoms with Crippen molar-refractivity contribution in [1.82, 2.24) is 10.6 Å². The molecule has 2 amide bonds. The zero-order valence-electron chi connectivity index (χ0n) is 15.6. The number of carbonyl (C=O) groups is 3. The Morgan fingerprint density at radius 1 is 0.792 bits per heavy atom. The van der Waals surface area contributed by atoms with Crippen LogP contribution in [0.2, 0.25) is 0 Å². The highest BCUT2D eigenvalue weighted by atomic mass is 35.5. The lowest BCUT2D eigenvalue weighted by molar-refractivity contribution is -0.146. The first-order valence-electron chi connectivity index (χ1n) is 7.97. The molecule has 0 aromatic rings. The summed E-state index contributed by atoms with van der Waals surface area (Å²) in [6.45, 7) is 10.9. The van der Waals surface area contributed by atoms with Gasteiger partial charge in [-0.1, -0.05) is 41.5 Å². The second-order valence-electron chi connectivity index (χ2n) is 6.75. The van der Waals surface area contributed by atoms with Crippen LogP contribution >= 0.6 is 12.4 Å². The fourth-order valence-corrected chi connectivity index (χ4v) is 1.95. The van der Waals surface area contributed by atoms with Gasteiger partial charge in [0, 0.05) is 0 Å². The summed E-state index contributed by atoms with van der Waals surface area (Å²) in [4.78, 5) is 36.3. The predicted octanol–water partition coefficient (Wildman–Crippen LogP) is 0.846. The van der Waals surface area contributed by atoms with Gasteiger partial charge in [0.05, 0.1) is 13.2 Å². The maximum absolute atomic E-state index is 12.5. The first-order valence-corrected chi connectivity index (χ1v) is 7.97. The maximum Gasteiger partial charge on any atom is 0.328 e. The number of esters is 1. The molecule has 24 heavy (non-hydrogen) atoms. The van der Waals surface area contributed by atoms with Crippen molar-refractivity contribution in [2.45, 2.75) is 59.7 Å². The lowest BCUT2D eigenvalue weighted by atomic mass is 9.98. The number of nitrogens with one attached hydrogen (secondary N) is 2. The number of rotatable bonds is 8. The van der Waals surface area contributed by atoms with E-state index in [1.807, 2.05) is 27.7 Å². The normalized spacial score (nSPS) is 14.6. The van der Waals surface area contributed by atoms with E-state index < -0.39 is 30.0 Å². The maximum atomic E-state index is 12.5. The minimum Gasteiger partial charge on any atom is -0.467 e. The van der Waals surface area contributed by atoms with Gasteiger partial charge in [-0.25, -0.2) is 4.79 Å². The van der Waals surface area contributed by atoms with Crippen LogP contribution in [0.15, 0.2) is 0 Å². The Morgan fingerprint density at radius 2 is 1.21 bits per heavy atom. The van der Waals surface area contributed by atoms with Gasteiger partial charge < -0.3 is 21.1 Å². The Bertz CT molecular complexity index is 428. The lowest BCUT2D eigenvalue weighted by Gasteiger charge is -2.27. The third kappa shape index (κ3) is 7.49. The van der Waals surface area contributed by atoms with Crippen molar-refractivity contribution in [3.05, 3.63) is 0 Å². The van der Waals surface area contributed by atoms with Crippen molar-refractivity contribution in [3.8, 4) is 0 Å². The van der Waals surface area contributed by atoms with Crippen molar-refractivity contribution < 1.29 is 19.1 Å². The molecule has 3 atom stereocenters. The molecule has 0 rings (SSSR count). The van der Waals surface area contributed by atoms with Gasteiger partial charge in [-0.15, -0.1) is 12.4 Å². The Kier molecular flexibility index (Phi) is 11.7. The highest BCUT2D eigenvalue weighted by Gasteiger charge is 2.32. The highest BCUT2D eigenvalue weighted by molar-refractivity contribution is 5.92. The molecule has 0 radical (unpaired) electrons. The monoisotopic (exact) mass is 365 g/mol. The number of hydrogen-bond donors (Lipinski definition) is 3. The van der Waals surface area contributed by atoms with Gasteiger partial charge in [0.15, 0.2) is 0 Å². The molecule has 142 valence electrons. The molecule has 0 heterocycles. The van der Waals surface area contributed by atoms with Crippen LogP contribution in [0.1, 0.15) is 41.5 Å². The first-order chi connectivity index (χ1) is 10.5. The summed E-state index contributed by atoms with van der Waals surface area (Å²) in [5, 5.41) is 5.32. The van der Waals surface area contributed by atoms with E-state index in [2.05, 4.69) is 10.6 Å². The number of halogens is 1. The van der Waals surface area contributed by atoms with Gasteiger partial charge in [0.25, 0.3) is 0 Å². The highest BCUT2D eigenvalue weighted by Crippen LogP contribution is 2.08. The Morgan fingerprint density at radius 3 is 1.54 bits per heavy atom. The Hall–Kier alpha value is -1.34. The zero-order chi connectivity index (χ0) is 18.3. The van der Waals surface area contributed by atoms with Gasteiger partial charge in [-0.3, -0.25) is 9.59 Å². The van der Waals surface area contributed by atoms with E-state index in [4.69, 9.17) is 10.5 Å². The summed E-state index contributed by atoms with van der Waals surface area (Å²) < 4.78 is 4.70. The molecule has 3 unspecified atom stereocenters. The smallest absolute Gasteiger partial charge is 0.328 e. The third-order valence-corrected chi connectivity index (χ3v) is 3.69. The summed E-state index contributed by atoms with van der Waals surface area (Å²) >= 11 is 0. The average molecular weight is 366 g/mol.